The van der Waals surface area contributed by atoms with E-state index < -0.39 is 4.92 Å². The summed E-state index contributed by atoms with van der Waals surface area (Å²) in [5, 5.41) is 23.5. The summed E-state index contributed by atoms with van der Waals surface area (Å²) in [6.45, 7) is 0. The van der Waals surface area contributed by atoms with E-state index in [0.29, 0.717) is 10.9 Å². The molecule has 0 bridgehead atoms. The highest BCUT2D eigenvalue weighted by Gasteiger charge is 2.21. The lowest BCUT2D eigenvalue weighted by Crippen LogP contribution is -2.02. The zero-order valence-electron chi connectivity index (χ0n) is 17.9. The van der Waals surface area contributed by atoms with Gasteiger partial charge in [-0.1, -0.05) is 60.7 Å². The van der Waals surface area contributed by atoms with E-state index in [1.807, 2.05) is 41.0 Å². The first-order chi connectivity index (χ1) is 16.7. The standard InChI is InChI=1S/C25H19N5O2S2/c31-30(32)22-14-7-15-26-24(22)34-25-28-27-23(29(25)20-11-2-1-3-12-20)17-33-16-19-10-6-9-18-8-4-5-13-21(18)19/h1-15H,16-17H2. The predicted molar refractivity (Wildman–Crippen MR) is 135 cm³/mol. The number of benzene rings is 3. The zero-order chi connectivity index (χ0) is 23.3. The first-order valence-electron chi connectivity index (χ1n) is 10.5. The highest BCUT2D eigenvalue weighted by molar-refractivity contribution is 7.99. The van der Waals surface area contributed by atoms with Gasteiger partial charge in [0.15, 0.2) is 5.03 Å². The molecule has 34 heavy (non-hydrogen) atoms. The second-order valence-corrected chi connectivity index (χ2v) is 9.33. The van der Waals surface area contributed by atoms with Crippen molar-refractivity contribution in [3.8, 4) is 5.69 Å². The summed E-state index contributed by atoms with van der Waals surface area (Å²) < 4.78 is 1.94. The lowest BCUT2D eigenvalue weighted by Gasteiger charge is -2.10. The zero-order valence-corrected chi connectivity index (χ0v) is 19.6. The van der Waals surface area contributed by atoms with Crippen LogP contribution in [-0.2, 0) is 11.5 Å². The topological polar surface area (TPSA) is 86.7 Å². The third kappa shape index (κ3) is 4.66. The Hall–Kier alpha value is -3.69. The summed E-state index contributed by atoms with van der Waals surface area (Å²) in [6.07, 6.45) is 1.54. The molecule has 0 N–H and O–H groups in total. The molecule has 9 heteroatoms. The molecular formula is C25H19N5O2S2. The number of aromatic nitrogens is 4. The van der Waals surface area contributed by atoms with Crippen LogP contribution in [0.25, 0.3) is 16.5 Å². The van der Waals surface area contributed by atoms with Crippen LogP contribution in [0.5, 0.6) is 0 Å². The van der Waals surface area contributed by atoms with Crippen LogP contribution >= 0.6 is 23.5 Å². The monoisotopic (exact) mass is 485 g/mol. The maximum absolute atomic E-state index is 11.4. The molecule has 0 aliphatic carbocycles. The maximum atomic E-state index is 11.4. The highest BCUT2D eigenvalue weighted by Crippen LogP contribution is 2.34. The fourth-order valence-corrected chi connectivity index (χ4v) is 5.51. The average molecular weight is 486 g/mol. The molecule has 0 atom stereocenters. The number of hydrogen-bond acceptors (Lipinski definition) is 7. The summed E-state index contributed by atoms with van der Waals surface area (Å²) in [7, 11) is 0. The largest absolute Gasteiger partial charge is 0.301 e. The Balaban J connectivity index is 1.43. The van der Waals surface area contributed by atoms with Crippen molar-refractivity contribution in [1.82, 2.24) is 19.7 Å². The molecule has 0 spiro atoms. The van der Waals surface area contributed by atoms with Crippen molar-refractivity contribution in [3.05, 3.63) is 113 Å². The van der Waals surface area contributed by atoms with Crippen molar-refractivity contribution in [2.24, 2.45) is 0 Å². The van der Waals surface area contributed by atoms with Crippen LogP contribution in [0.4, 0.5) is 5.69 Å². The Morgan fingerprint density at radius 2 is 1.65 bits per heavy atom. The first-order valence-corrected chi connectivity index (χ1v) is 12.5. The molecule has 5 aromatic rings. The van der Waals surface area contributed by atoms with Gasteiger partial charge >= 0.3 is 5.69 Å². The van der Waals surface area contributed by atoms with Gasteiger partial charge in [-0.3, -0.25) is 14.7 Å². The fourth-order valence-electron chi connectivity index (χ4n) is 3.65. The molecule has 7 nitrogen and oxygen atoms in total. The molecule has 2 heterocycles. The SMILES string of the molecule is O=[N+]([O-])c1cccnc1Sc1nnc(CSCc2cccc3ccccc23)n1-c1ccccc1. The van der Waals surface area contributed by atoms with Gasteiger partial charge in [-0.05, 0) is 46.3 Å². The van der Waals surface area contributed by atoms with Gasteiger partial charge in [-0.25, -0.2) is 4.98 Å². The van der Waals surface area contributed by atoms with Crippen molar-refractivity contribution >= 4 is 40.0 Å². The van der Waals surface area contributed by atoms with Crippen molar-refractivity contribution in [1.29, 1.82) is 0 Å². The number of hydrogen-bond donors (Lipinski definition) is 0. The van der Waals surface area contributed by atoms with Crippen molar-refractivity contribution < 1.29 is 4.92 Å². The van der Waals surface area contributed by atoms with Crippen molar-refractivity contribution in [2.45, 2.75) is 21.7 Å². The molecule has 0 aliphatic heterocycles. The molecule has 0 unspecified atom stereocenters. The van der Waals surface area contributed by atoms with Gasteiger partial charge in [0.05, 0.1) is 10.7 Å². The normalized spacial score (nSPS) is 11.1. The Labute approximate surface area is 204 Å². The quantitative estimate of drug-likeness (QED) is 0.188. The van der Waals surface area contributed by atoms with Crippen LogP contribution in [-0.4, -0.2) is 24.7 Å². The molecule has 0 saturated heterocycles. The Morgan fingerprint density at radius 3 is 2.50 bits per heavy atom. The van der Waals surface area contributed by atoms with Crippen LogP contribution < -0.4 is 0 Å². The minimum atomic E-state index is -0.431. The van der Waals surface area contributed by atoms with Crippen LogP contribution in [0.1, 0.15) is 11.4 Å². The molecule has 3 aromatic carbocycles. The average Bonchev–Trinajstić information content (AvgIpc) is 3.27. The number of nitrogens with zero attached hydrogens (tertiary/aromatic N) is 5. The van der Waals surface area contributed by atoms with E-state index >= 15 is 0 Å². The molecule has 0 aliphatic rings. The van der Waals surface area contributed by atoms with Crippen LogP contribution in [0.3, 0.4) is 0 Å². The molecule has 0 fully saturated rings. The maximum Gasteiger partial charge on any atom is 0.301 e. The first kappa shape index (κ1) is 22.1. The van der Waals surface area contributed by atoms with E-state index in [1.165, 1.54) is 22.4 Å². The van der Waals surface area contributed by atoms with E-state index in [9.17, 15) is 10.1 Å². The predicted octanol–water partition coefficient (Wildman–Crippen LogP) is 6.31. The fraction of sp³-hybridized carbons (Fsp3) is 0.0800. The molecule has 168 valence electrons. The number of thioether (sulfide) groups is 1. The second kappa shape index (κ2) is 10.1. The van der Waals surface area contributed by atoms with E-state index in [1.54, 1.807) is 24.0 Å². The van der Waals surface area contributed by atoms with Crippen molar-refractivity contribution in [3.63, 3.8) is 0 Å². The summed E-state index contributed by atoms with van der Waals surface area (Å²) in [5.41, 5.74) is 2.11. The van der Waals surface area contributed by atoms with E-state index in [0.717, 1.165) is 29.0 Å². The lowest BCUT2D eigenvalue weighted by atomic mass is 10.1. The summed E-state index contributed by atoms with van der Waals surface area (Å²) in [6, 6.07) is 27.5. The van der Waals surface area contributed by atoms with Gasteiger partial charge in [0, 0.05) is 23.7 Å². The van der Waals surface area contributed by atoms with Gasteiger partial charge in [-0.15, -0.1) is 22.0 Å². The smallest absolute Gasteiger partial charge is 0.273 e. The number of fused-ring (bicyclic) bond motifs is 1. The third-order valence-electron chi connectivity index (χ3n) is 5.22. The van der Waals surface area contributed by atoms with Gasteiger partial charge < -0.3 is 0 Å². The van der Waals surface area contributed by atoms with Gasteiger partial charge in [0.1, 0.15) is 5.82 Å². The Morgan fingerprint density at radius 1 is 0.853 bits per heavy atom. The molecule has 0 radical (unpaired) electrons. The number of para-hydroxylation sites is 1. The number of rotatable bonds is 8. The Kier molecular flexibility index (Phi) is 6.55. The summed E-state index contributed by atoms with van der Waals surface area (Å²) in [4.78, 5) is 15.2. The highest BCUT2D eigenvalue weighted by atomic mass is 32.2. The van der Waals surface area contributed by atoms with Crippen molar-refractivity contribution in [2.75, 3.05) is 0 Å². The summed E-state index contributed by atoms with van der Waals surface area (Å²) in [5.74, 6) is 2.24. The van der Waals surface area contributed by atoms with Crippen LogP contribution in [0.15, 0.2) is 101 Å². The molecule has 5 rings (SSSR count). The van der Waals surface area contributed by atoms with E-state index in [-0.39, 0.29) is 10.7 Å². The van der Waals surface area contributed by atoms with Crippen LogP contribution in [0, 0.1) is 10.1 Å². The second-order valence-electron chi connectivity index (χ2n) is 7.39. The number of pyridine rings is 1. The van der Waals surface area contributed by atoms with Gasteiger partial charge in [0.25, 0.3) is 0 Å². The van der Waals surface area contributed by atoms with E-state index in [4.69, 9.17) is 0 Å². The van der Waals surface area contributed by atoms with E-state index in [2.05, 4.69) is 51.6 Å². The minimum absolute atomic E-state index is 0.0537. The third-order valence-corrected chi connectivity index (χ3v) is 7.15. The molecule has 0 amide bonds. The van der Waals surface area contributed by atoms with Gasteiger partial charge in [0.2, 0.25) is 5.16 Å². The molecule has 2 aromatic heterocycles. The molecular weight excluding hydrogens is 466 g/mol. The minimum Gasteiger partial charge on any atom is -0.273 e. The Bertz CT molecular complexity index is 1450. The van der Waals surface area contributed by atoms with Gasteiger partial charge in [-0.2, -0.15) is 0 Å². The lowest BCUT2D eigenvalue weighted by molar-refractivity contribution is -0.388. The molecule has 0 saturated carbocycles. The number of nitro groups is 1. The summed E-state index contributed by atoms with van der Waals surface area (Å²) >= 11 is 2.90. The van der Waals surface area contributed by atoms with Crippen LogP contribution in [0.2, 0.25) is 0 Å².